The van der Waals surface area contributed by atoms with Crippen LogP contribution < -0.4 is 15.8 Å². The van der Waals surface area contributed by atoms with Crippen molar-refractivity contribution < 1.29 is 4.74 Å². The van der Waals surface area contributed by atoms with Crippen molar-refractivity contribution in [3.8, 4) is 5.75 Å². The van der Waals surface area contributed by atoms with Crippen molar-refractivity contribution in [1.82, 2.24) is 4.90 Å². The summed E-state index contributed by atoms with van der Waals surface area (Å²) >= 11 is 6.12. The van der Waals surface area contributed by atoms with Crippen molar-refractivity contribution in [3.05, 3.63) is 58.6 Å². The second kappa shape index (κ2) is 12.0. The van der Waals surface area contributed by atoms with Crippen molar-refractivity contribution in [2.75, 3.05) is 25.5 Å². The third-order valence-corrected chi connectivity index (χ3v) is 4.44. The first-order chi connectivity index (χ1) is 12.5. The molecule has 27 heavy (non-hydrogen) atoms. The van der Waals surface area contributed by atoms with Gasteiger partial charge in [0.2, 0.25) is 0 Å². The minimum absolute atomic E-state index is 0. The van der Waals surface area contributed by atoms with E-state index in [9.17, 15) is 0 Å². The monoisotopic (exact) mass is 502 g/mol. The zero-order valence-corrected chi connectivity index (χ0v) is 19.1. The Labute approximate surface area is 184 Å². The summed E-state index contributed by atoms with van der Waals surface area (Å²) in [6.45, 7) is 7.91. The third kappa shape index (κ3) is 7.56. The second-order valence-electron chi connectivity index (χ2n) is 5.96. The van der Waals surface area contributed by atoms with Crippen molar-refractivity contribution in [2.45, 2.75) is 26.9 Å². The van der Waals surface area contributed by atoms with Gasteiger partial charge in [0.1, 0.15) is 5.75 Å². The molecule has 0 amide bonds. The van der Waals surface area contributed by atoms with E-state index < -0.39 is 0 Å². The number of hydrogen-bond donors (Lipinski definition) is 2. The smallest absolute Gasteiger partial charge is 0.193 e. The van der Waals surface area contributed by atoms with Crippen LogP contribution in [-0.4, -0.2) is 31.1 Å². The Kier molecular flexibility index (Phi) is 10.5. The Morgan fingerprint density at radius 3 is 2.48 bits per heavy atom. The zero-order valence-electron chi connectivity index (χ0n) is 16.0. The number of nitrogens with two attached hydrogens (primary N) is 1. The van der Waals surface area contributed by atoms with Gasteiger partial charge in [0.15, 0.2) is 5.96 Å². The molecule has 0 aromatic heterocycles. The fourth-order valence-corrected chi connectivity index (χ4v) is 2.90. The number of rotatable bonds is 8. The molecule has 0 saturated heterocycles. The number of nitrogens with zero attached hydrogens (tertiary/aromatic N) is 2. The number of halogens is 2. The zero-order chi connectivity index (χ0) is 18.9. The summed E-state index contributed by atoms with van der Waals surface area (Å²) in [6, 6.07) is 13.8. The molecule has 2 aromatic rings. The highest BCUT2D eigenvalue weighted by Crippen LogP contribution is 2.27. The summed E-state index contributed by atoms with van der Waals surface area (Å²) in [7, 11) is 1.58. The van der Waals surface area contributed by atoms with Crippen LogP contribution in [-0.2, 0) is 13.1 Å². The van der Waals surface area contributed by atoms with Gasteiger partial charge in [-0.1, -0.05) is 49.7 Å². The van der Waals surface area contributed by atoms with E-state index in [4.69, 9.17) is 22.1 Å². The van der Waals surface area contributed by atoms with Crippen molar-refractivity contribution in [1.29, 1.82) is 0 Å². The fourth-order valence-electron chi connectivity index (χ4n) is 2.64. The van der Waals surface area contributed by atoms with Gasteiger partial charge in [-0.25, -0.2) is 4.99 Å². The Morgan fingerprint density at radius 1 is 1.15 bits per heavy atom. The average molecular weight is 503 g/mol. The molecule has 0 aliphatic heterocycles. The van der Waals surface area contributed by atoms with Gasteiger partial charge in [0.25, 0.3) is 0 Å². The Balaban J connectivity index is 0.00000364. The summed E-state index contributed by atoms with van der Waals surface area (Å²) in [5.74, 6) is 0.970. The normalized spacial score (nSPS) is 11.2. The molecule has 7 heteroatoms. The van der Waals surface area contributed by atoms with Gasteiger partial charge in [0, 0.05) is 12.2 Å². The molecular weight excluding hydrogens is 475 g/mol. The predicted molar refractivity (Wildman–Crippen MR) is 125 cm³/mol. The summed E-state index contributed by atoms with van der Waals surface area (Å²) in [5.41, 5.74) is 9.18. The molecule has 0 saturated carbocycles. The maximum atomic E-state index is 6.12. The molecule has 0 aliphatic carbocycles. The van der Waals surface area contributed by atoms with Crippen LogP contribution in [0.4, 0.5) is 5.69 Å². The first-order valence-electron chi connectivity index (χ1n) is 8.76. The maximum absolute atomic E-state index is 6.12. The van der Waals surface area contributed by atoms with Gasteiger partial charge in [0.05, 0.1) is 18.7 Å². The minimum atomic E-state index is 0. The summed E-state index contributed by atoms with van der Waals surface area (Å²) in [6.07, 6.45) is 0. The number of guanidine groups is 1. The van der Waals surface area contributed by atoms with Gasteiger partial charge in [-0.05, 0) is 42.4 Å². The number of nitrogens with one attached hydrogen (secondary N) is 1. The highest BCUT2D eigenvalue weighted by molar-refractivity contribution is 14.0. The molecule has 0 atom stereocenters. The first kappa shape index (κ1) is 23.5. The van der Waals surface area contributed by atoms with E-state index in [-0.39, 0.29) is 24.0 Å². The number of benzene rings is 2. The summed E-state index contributed by atoms with van der Waals surface area (Å²) in [4.78, 5) is 6.80. The van der Waals surface area contributed by atoms with Crippen LogP contribution in [0.15, 0.2) is 47.5 Å². The van der Waals surface area contributed by atoms with E-state index >= 15 is 0 Å². The first-order valence-corrected chi connectivity index (χ1v) is 9.14. The lowest BCUT2D eigenvalue weighted by Crippen LogP contribution is -2.23. The molecule has 0 bridgehead atoms. The van der Waals surface area contributed by atoms with Gasteiger partial charge in [-0.15, -0.1) is 24.0 Å². The number of methoxy groups -OCH3 is 1. The molecule has 0 spiro atoms. The highest BCUT2D eigenvalue weighted by atomic mass is 127. The highest BCUT2D eigenvalue weighted by Gasteiger charge is 2.04. The van der Waals surface area contributed by atoms with Crippen molar-refractivity contribution in [3.63, 3.8) is 0 Å². The van der Waals surface area contributed by atoms with Crippen LogP contribution in [0.2, 0.25) is 5.02 Å². The largest absolute Gasteiger partial charge is 0.495 e. The molecule has 0 unspecified atom stereocenters. The number of anilines is 1. The van der Waals surface area contributed by atoms with E-state index in [0.29, 0.717) is 23.3 Å². The molecule has 148 valence electrons. The SMILES string of the molecule is CCN(CC)Cc1cccc(CN=C(N)Nc2ccc(OC)c(Cl)c2)c1.I. The van der Waals surface area contributed by atoms with Crippen LogP contribution in [0.25, 0.3) is 0 Å². The minimum Gasteiger partial charge on any atom is -0.495 e. The molecule has 2 aromatic carbocycles. The van der Waals surface area contributed by atoms with Crippen molar-refractivity contribution >= 4 is 47.2 Å². The lowest BCUT2D eigenvalue weighted by molar-refractivity contribution is 0.296. The summed E-state index contributed by atoms with van der Waals surface area (Å²) < 4.78 is 5.14. The summed E-state index contributed by atoms with van der Waals surface area (Å²) in [5, 5.41) is 3.57. The third-order valence-electron chi connectivity index (χ3n) is 4.15. The number of ether oxygens (including phenoxy) is 1. The molecule has 0 heterocycles. The quantitative estimate of drug-likeness (QED) is 0.311. The van der Waals surface area contributed by atoms with E-state index in [1.165, 1.54) is 5.56 Å². The molecule has 2 rings (SSSR count). The van der Waals surface area contributed by atoms with Crippen LogP contribution in [0, 0.1) is 0 Å². The van der Waals surface area contributed by atoms with Crippen LogP contribution >= 0.6 is 35.6 Å². The van der Waals surface area contributed by atoms with Crippen molar-refractivity contribution in [2.24, 2.45) is 10.7 Å². The number of aliphatic imine (C=N–C) groups is 1. The van der Waals surface area contributed by atoms with Crippen LogP contribution in [0.1, 0.15) is 25.0 Å². The standard InChI is InChI=1S/C20H27ClN4O.HI/c1-4-25(5-2)14-16-8-6-7-15(11-16)13-23-20(22)24-17-9-10-19(26-3)18(21)12-17;/h6-12H,4-5,13-14H2,1-3H3,(H3,22,23,24);1H. The maximum Gasteiger partial charge on any atom is 0.193 e. The predicted octanol–water partition coefficient (Wildman–Crippen LogP) is 4.74. The lowest BCUT2D eigenvalue weighted by Gasteiger charge is -2.18. The molecule has 5 nitrogen and oxygen atoms in total. The Bertz CT molecular complexity index is 751. The van der Waals surface area contributed by atoms with E-state index in [1.54, 1.807) is 19.2 Å². The Morgan fingerprint density at radius 2 is 1.85 bits per heavy atom. The van der Waals surface area contributed by atoms with Crippen LogP contribution in [0.5, 0.6) is 5.75 Å². The van der Waals surface area contributed by atoms with Gasteiger partial charge in [-0.3, -0.25) is 4.90 Å². The topological polar surface area (TPSA) is 62.9 Å². The molecule has 0 fully saturated rings. The van der Waals surface area contributed by atoms with Gasteiger partial charge < -0.3 is 15.8 Å². The van der Waals surface area contributed by atoms with Crippen LogP contribution in [0.3, 0.4) is 0 Å². The average Bonchev–Trinajstić information content (AvgIpc) is 2.65. The van der Waals surface area contributed by atoms with E-state index in [2.05, 4.69) is 53.3 Å². The Hall–Kier alpha value is -1.51. The van der Waals surface area contributed by atoms with Gasteiger partial charge >= 0.3 is 0 Å². The molecule has 0 aliphatic rings. The number of hydrogen-bond acceptors (Lipinski definition) is 3. The molecule has 3 N–H and O–H groups in total. The second-order valence-corrected chi connectivity index (χ2v) is 6.36. The fraction of sp³-hybridized carbons (Fsp3) is 0.350. The lowest BCUT2D eigenvalue weighted by atomic mass is 10.1. The molecular formula is C20H28ClIN4O. The van der Waals surface area contributed by atoms with Gasteiger partial charge in [-0.2, -0.15) is 0 Å². The van der Waals surface area contributed by atoms with E-state index in [1.807, 2.05) is 6.07 Å². The van der Waals surface area contributed by atoms with E-state index in [0.717, 1.165) is 30.9 Å². The molecule has 0 radical (unpaired) electrons.